The number of anilines is 2. The molecule has 0 bridgehead atoms. The van der Waals surface area contributed by atoms with Crippen LogP contribution in [0.2, 0.25) is 0 Å². The zero-order valence-corrected chi connectivity index (χ0v) is 17.1. The van der Waals surface area contributed by atoms with Gasteiger partial charge in [0.15, 0.2) is 5.65 Å². The first-order valence-corrected chi connectivity index (χ1v) is 9.51. The lowest BCUT2D eigenvalue weighted by molar-refractivity contribution is -0.885. The van der Waals surface area contributed by atoms with Crippen molar-refractivity contribution in [3.8, 4) is 0 Å². The SMILES string of the molecule is CO[n+]1cccc(CNc2cc(N[C@H](CO)C(C)C)nc3c(Br)cnn23)c1. The van der Waals surface area contributed by atoms with Gasteiger partial charge in [-0.15, -0.1) is 0 Å². The van der Waals surface area contributed by atoms with Gasteiger partial charge in [-0.25, -0.2) is 4.98 Å². The first kappa shape index (κ1) is 19.4. The van der Waals surface area contributed by atoms with Crippen LogP contribution >= 0.6 is 15.9 Å². The Kier molecular flexibility index (Phi) is 6.12. The predicted molar refractivity (Wildman–Crippen MR) is 106 cm³/mol. The van der Waals surface area contributed by atoms with E-state index in [1.54, 1.807) is 22.6 Å². The van der Waals surface area contributed by atoms with Gasteiger partial charge in [0.1, 0.15) is 18.7 Å². The molecule has 144 valence electrons. The quantitative estimate of drug-likeness (QED) is 0.468. The fourth-order valence-electron chi connectivity index (χ4n) is 2.66. The van der Waals surface area contributed by atoms with Crippen LogP contribution in [-0.2, 0) is 6.54 Å². The second kappa shape index (κ2) is 8.53. The van der Waals surface area contributed by atoms with Gasteiger partial charge in [-0.3, -0.25) is 4.84 Å². The van der Waals surface area contributed by atoms with Crippen LogP contribution in [0.5, 0.6) is 0 Å². The number of fused-ring (bicyclic) bond motifs is 1. The second-order valence-corrected chi connectivity index (χ2v) is 7.39. The standard InChI is InChI=1S/C18H24BrN6O2/c1-12(2)15(11-26)22-16-7-17(25-18(23-16)14(19)9-21-25)20-8-13-5-4-6-24(10-13)27-3/h4-7,9-10,12,15,20,26H,8,11H2,1-3H3,(H,22,23)/q+1/t15-/m1/s1. The van der Waals surface area contributed by atoms with Crippen molar-refractivity contribution in [2.24, 2.45) is 5.92 Å². The number of aliphatic hydroxyl groups is 1. The summed E-state index contributed by atoms with van der Waals surface area (Å²) >= 11 is 3.49. The van der Waals surface area contributed by atoms with Gasteiger partial charge in [-0.2, -0.15) is 9.61 Å². The molecule has 8 nitrogen and oxygen atoms in total. The lowest BCUT2D eigenvalue weighted by Crippen LogP contribution is -2.40. The topological polar surface area (TPSA) is 87.6 Å². The highest BCUT2D eigenvalue weighted by molar-refractivity contribution is 9.10. The first-order valence-electron chi connectivity index (χ1n) is 8.72. The molecule has 9 heteroatoms. The maximum atomic E-state index is 9.61. The predicted octanol–water partition coefficient (Wildman–Crippen LogP) is 1.88. The van der Waals surface area contributed by atoms with Crippen molar-refractivity contribution in [1.29, 1.82) is 0 Å². The highest BCUT2D eigenvalue weighted by Gasteiger charge is 2.16. The minimum atomic E-state index is -0.0794. The van der Waals surface area contributed by atoms with Crippen molar-refractivity contribution < 1.29 is 14.7 Å². The smallest absolute Gasteiger partial charge is 0.227 e. The molecule has 3 N–H and O–H groups in total. The molecular formula is C18H24BrN6O2+. The van der Waals surface area contributed by atoms with Crippen molar-refractivity contribution in [2.45, 2.75) is 26.4 Å². The number of aliphatic hydroxyl groups excluding tert-OH is 1. The number of rotatable bonds is 8. The summed E-state index contributed by atoms with van der Waals surface area (Å²) in [4.78, 5) is 9.81. The summed E-state index contributed by atoms with van der Waals surface area (Å²) in [6, 6.07) is 5.75. The van der Waals surface area contributed by atoms with Gasteiger partial charge in [0.2, 0.25) is 12.4 Å². The summed E-state index contributed by atoms with van der Waals surface area (Å²) < 4.78 is 4.19. The van der Waals surface area contributed by atoms with E-state index in [1.807, 2.05) is 30.6 Å². The zero-order valence-electron chi connectivity index (χ0n) is 15.6. The third-order valence-corrected chi connectivity index (χ3v) is 4.84. The van der Waals surface area contributed by atoms with Crippen LogP contribution in [0, 0.1) is 5.92 Å². The van der Waals surface area contributed by atoms with E-state index >= 15 is 0 Å². The molecule has 0 unspecified atom stereocenters. The molecule has 3 aromatic rings. The Hall–Kier alpha value is -2.39. The fourth-order valence-corrected chi connectivity index (χ4v) is 3.01. The molecule has 0 aliphatic rings. The number of halogens is 1. The largest absolute Gasteiger partial charge is 0.394 e. The molecular weight excluding hydrogens is 412 g/mol. The molecule has 0 amide bonds. The van der Waals surface area contributed by atoms with Crippen molar-refractivity contribution in [3.05, 3.63) is 46.8 Å². The summed E-state index contributed by atoms with van der Waals surface area (Å²) in [7, 11) is 1.62. The lowest BCUT2D eigenvalue weighted by atomic mass is 10.1. The van der Waals surface area contributed by atoms with Crippen molar-refractivity contribution >= 4 is 33.2 Å². The van der Waals surface area contributed by atoms with E-state index in [-0.39, 0.29) is 18.6 Å². The van der Waals surface area contributed by atoms with Crippen LogP contribution in [-0.4, -0.2) is 39.5 Å². The first-order chi connectivity index (χ1) is 13.0. The average Bonchev–Trinajstić information content (AvgIpc) is 3.05. The average molecular weight is 436 g/mol. The number of hydrogen-bond donors (Lipinski definition) is 3. The Bertz CT molecular complexity index is 914. The zero-order chi connectivity index (χ0) is 19.4. The fraction of sp³-hybridized carbons (Fsp3) is 0.389. The van der Waals surface area contributed by atoms with Gasteiger partial charge < -0.3 is 15.7 Å². The molecule has 0 aromatic carbocycles. The van der Waals surface area contributed by atoms with E-state index in [1.165, 1.54) is 0 Å². The molecule has 1 atom stereocenters. The number of aromatic nitrogens is 4. The molecule has 3 rings (SSSR count). The Morgan fingerprint density at radius 2 is 2.22 bits per heavy atom. The molecule has 0 fully saturated rings. The Balaban J connectivity index is 1.88. The van der Waals surface area contributed by atoms with Crippen molar-refractivity contribution in [1.82, 2.24) is 14.6 Å². The maximum absolute atomic E-state index is 9.61. The number of pyridine rings is 1. The van der Waals surface area contributed by atoms with Gasteiger partial charge in [-0.1, -0.05) is 13.8 Å². The van der Waals surface area contributed by atoms with Crippen molar-refractivity contribution in [2.75, 3.05) is 24.4 Å². The molecule has 27 heavy (non-hydrogen) atoms. The van der Waals surface area contributed by atoms with Crippen LogP contribution in [0.25, 0.3) is 5.65 Å². The number of hydrogen-bond acceptors (Lipinski definition) is 6. The monoisotopic (exact) mass is 435 g/mol. The third-order valence-electron chi connectivity index (χ3n) is 4.28. The summed E-state index contributed by atoms with van der Waals surface area (Å²) in [5.74, 6) is 1.74. The van der Waals surface area contributed by atoms with E-state index in [2.05, 4.69) is 50.5 Å². The minimum absolute atomic E-state index is 0.0365. The summed E-state index contributed by atoms with van der Waals surface area (Å²) in [6.07, 6.45) is 5.45. The summed E-state index contributed by atoms with van der Waals surface area (Å²) in [6.45, 7) is 4.74. The van der Waals surface area contributed by atoms with Crippen LogP contribution in [0.1, 0.15) is 19.4 Å². The second-order valence-electron chi connectivity index (χ2n) is 6.54. The highest BCUT2D eigenvalue weighted by Crippen LogP contribution is 2.23. The lowest BCUT2D eigenvalue weighted by Gasteiger charge is -2.21. The Morgan fingerprint density at radius 3 is 2.93 bits per heavy atom. The van der Waals surface area contributed by atoms with Crippen LogP contribution in [0.3, 0.4) is 0 Å². The van der Waals surface area contributed by atoms with Gasteiger partial charge in [0, 0.05) is 29.0 Å². The van der Waals surface area contributed by atoms with E-state index in [4.69, 9.17) is 4.84 Å². The van der Waals surface area contributed by atoms with Gasteiger partial charge in [0.05, 0.1) is 23.3 Å². The number of nitrogens with zero attached hydrogens (tertiary/aromatic N) is 4. The van der Waals surface area contributed by atoms with E-state index in [9.17, 15) is 5.11 Å². The normalized spacial score (nSPS) is 12.4. The summed E-state index contributed by atoms with van der Waals surface area (Å²) in [5, 5.41) is 20.7. The van der Waals surface area contributed by atoms with E-state index in [0.29, 0.717) is 18.0 Å². The molecule has 0 saturated carbocycles. The highest BCUT2D eigenvalue weighted by atomic mass is 79.9. The molecule has 0 radical (unpaired) electrons. The molecule has 3 heterocycles. The van der Waals surface area contributed by atoms with Gasteiger partial charge in [0.25, 0.3) is 0 Å². The third kappa shape index (κ3) is 4.48. The Labute approximate surface area is 166 Å². The van der Waals surface area contributed by atoms with Crippen molar-refractivity contribution in [3.63, 3.8) is 0 Å². The molecule has 3 aromatic heterocycles. The van der Waals surface area contributed by atoms with E-state index < -0.39 is 0 Å². The molecule has 0 spiro atoms. The van der Waals surface area contributed by atoms with Crippen LogP contribution < -0.4 is 20.2 Å². The molecule has 0 aliphatic heterocycles. The molecule has 0 saturated heterocycles. The van der Waals surface area contributed by atoms with E-state index in [0.717, 1.165) is 15.9 Å². The summed E-state index contributed by atoms with van der Waals surface area (Å²) in [5.41, 5.74) is 1.75. The van der Waals surface area contributed by atoms with Crippen LogP contribution in [0.15, 0.2) is 41.3 Å². The maximum Gasteiger partial charge on any atom is 0.227 e. The minimum Gasteiger partial charge on any atom is -0.394 e. The Morgan fingerprint density at radius 1 is 1.41 bits per heavy atom. The van der Waals surface area contributed by atoms with Gasteiger partial charge in [-0.05, 0) is 27.9 Å². The van der Waals surface area contributed by atoms with Gasteiger partial charge >= 0.3 is 0 Å². The van der Waals surface area contributed by atoms with Crippen LogP contribution in [0.4, 0.5) is 11.6 Å². The molecule has 0 aliphatic carbocycles. The number of nitrogens with one attached hydrogen (secondary N) is 2.